The second-order valence-electron chi connectivity index (χ2n) is 8.30. The predicted octanol–water partition coefficient (Wildman–Crippen LogP) is 2.32. The molecule has 36 heavy (non-hydrogen) atoms. The van der Waals surface area contributed by atoms with E-state index in [1.807, 2.05) is 0 Å². The number of aromatic amines is 1. The van der Waals surface area contributed by atoms with Crippen LogP contribution >= 0.6 is 7.60 Å². The Hall–Kier alpha value is -2.60. The van der Waals surface area contributed by atoms with Gasteiger partial charge < -0.3 is 28.0 Å². The summed E-state index contributed by atoms with van der Waals surface area (Å²) >= 11 is 0. The molecule has 2 aliphatic heterocycles. The highest BCUT2D eigenvalue weighted by Gasteiger charge is 2.61. The summed E-state index contributed by atoms with van der Waals surface area (Å²) in [6.07, 6.45) is -0.514. The first-order chi connectivity index (χ1) is 17.2. The molecule has 13 heteroatoms. The number of nitrogens with zero attached hydrogens (tertiary/aromatic N) is 1. The lowest BCUT2D eigenvalue weighted by molar-refractivity contribution is -0.286. The van der Waals surface area contributed by atoms with Crippen molar-refractivity contribution in [1.82, 2.24) is 9.55 Å². The highest BCUT2D eigenvalue weighted by atomic mass is 31.2. The number of aryl methyl sites for hydroxylation is 1. The molecule has 1 aromatic heterocycles. The summed E-state index contributed by atoms with van der Waals surface area (Å²) < 4.78 is 49.7. The Bertz CT molecular complexity index is 1240. The lowest BCUT2D eigenvalue weighted by Gasteiger charge is -2.43. The SMILES string of the molecule is CCOP(=O)(OCC)[C@@]1(COC(=O)c2ccccc2)OC[C@H]2O[C@@H](n3cc(C)c(=O)[nH]c3=O)C[C@@H]2O1. The van der Waals surface area contributed by atoms with E-state index >= 15 is 0 Å². The van der Waals surface area contributed by atoms with Crippen LogP contribution in [-0.2, 0) is 32.6 Å². The third-order valence-corrected chi connectivity index (χ3v) is 8.25. The number of fused-ring (bicyclic) bond motifs is 1. The molecule has 1 aromatic carbocycles. The zero-order valence-electron chi connectivity index (χ0n) is 20.2. The van der Waals surface area contributed by atoms with Gasteiger partial charge in [0.2, 0.25) is 0 Å². The fourth-order valence-corrected chi connectivity index (χ4v) is 5.98. The van der Waals surface area contributed by atoms with E-state index in [1.54, 1.807) is 51.1 Å². The van der Waals surface area contributed by atoms with E-state index in [-0.39, 0.29) is 26.2 Å². The molecule has 4 atom stereocenters. The van der Waals surface area contributed by atoms with Crippen LogP contribution in [0.2, 0.25) is 0 Å². The normalized spacial score (nSPS) is 25.9. The third-order valence-electron chi connectivity index (χ3n) is 5.86. The van der Waals surface area contributed by atoms with Crippen LogP contribution in [0, 0.1) is 6.92 Å². The van der Waals surface area contributed by atoms with Crippen molar-refractivity contribution in [2.24, 2.45) is 0 Å². The number of aromatic nitrogens is 2. The summed E-state index contributed by atoms with van der Waals surface area (Å²) in [5, 5.41) is 0. The molecule has 0 amide bonds. The van der Waals surface area contributed by atoms with Crippen molar-refractivity contribution in [2.45, 2.75) is 51.2 Å². The first kappa shape index (κ1) is 26.5. The van der Waals surface area contributed by atoms with Crippen LogP contribution in [0.15, 0.2) is 46.1 Å². The molecule has 3 heterocycles. The number of hydrogen-bond donors (Lipinski definition) is 1. The van der Waals surface area contributed by atoms with Crippen molar-refractivity contribution in [1.29, 1.82) is 0 Å². The number of H-pyrrole nitrogens is 1. The van der Waals surface area contributed by atoms with Gasteiger partial charge in [-0.25, -0.2) is 9.59 Å². The molecule has 0 saturated carbocycles. The van der Waals surface area contributed by atoms with Gasteiger partial charge >= 0.3 is 24.8 Å². The first-order valence-corrected chi connectivity index (χ1v) is 13.2. The molecule has 0 aliphatic carbocycles. The minimum atomic E-state index is -4.13. The average Bonchev–Trinajstić information content (AvgIpc) is 3.28. The molecule has 0 radical (unpaired) electrons. The van der Waals surface area contributed by atoms with Crippen LogP contribution in [0.3, 0.4) is 0 Å². The molecular formula is C23H29N2O10P. The molecule has 0 unspecified atom stereocenters. The smallest absolute Gasteiger partial charge is 0.393 e. The number of esters is 1. The molecule has 2 saturated heterocycles. The van der Waals surface area contributed by atoms with Crippen LogP contribution in [0.4, 0.5) is 0 Å². The van der Waals surface area contributed by atoms with Crippen molar-refractivity contribution in [3.8, 4) is 0 Å². The van der Waals surface area contributed by atoms with Crippen LogP contribution in [0.5, 0.6) is 0 Å². The zero-order valence-corrected chi connectivity index (χ0v) is 21.1. The second kappa shape index (κ2) is 10.8. The molecule has 2 aliphatic rings. The topological polar surface area (TPSA) is 144 Å². The van der Waals surface area contributed by atoms with Crippen molar-refractivity contribution in [2.75, 3.05) is 26.4 Å². The number of ether oxygens (including phenoxy) is 4. The Morgan fingerprint density at radius 1 is 1.17 bits per heavy atom. The minimum Gasteiger partial charge on any atom is -0.456 e. The van der Waals surface area contributed by atoms with Crippen LogP contribution in [0.25, 0.3) is 0 Å². The average molecular weight is 524 g/mol. The van der Waals surface area contributed by atoms with Crippen LogP contribution < -0.4 is 11.2 Å². The summed E-state index contributed by atoms with van der Waals surface area (Å²) in [6, 6.07) is 8.30. The maximum Gasteiger partial charge on any atom is 0.393 e. The second-order valence-corrected chi connectivity index (χ2v) is 10.5. The first-order valence-electron chi connectivity index (χ1n) is 11.6. The molecule has 196 valence electrons. The lowest BCUT2D eigenvalue weighted by atomic mass is 10.1. The largest absolute Gasteiger partial charge is 0.456 e. The van der Waals surface area contributed by atoms with Gasteiger partial charge in [0.15, 0.2) is 6.61 Å². The Labute approximate surface area is 206 Å². The van der Waals surface area contributed by atoms with E-state index in [0.29, 0.717) is 11.1 Å². The Kier molecular flexibility index (Phi) is 7.93. The molecular weight excluding hydrogens is 495 g/mol. The van der Waals surface area contributed by atoms with E-state index in [1.165, 1.54) is 10.8 Å². The standard InChI is InChI=1S/C23H29N2O10P/c1-4-32-36(29,33-5-2)23(14-30-21(27)16-9-7-6-8-10-16)31-13-18-17(35-23)11-19(34-18)25-12-15(3)20(26)24-22(25)28/h6-10,12,17-19H,4-5,11,13-14H2,1-3H3,(H,24,26,28)/t17-,18+,19+,23-/m0/s1. The Morgan fingerprint density at radius 3 is 2.53 bits per heavy atom. The van der Waals surface area contributed by atoms with E-state index in [4.69, 9.17) is 28.0 Å². The van der Waals surface area contributed by atoms with Gasteiger partial charge in [0.25, 0.3) is 5.56 Å². The molecule has 2 aromatic rings. The van der Waals surface area contributed by atoms with Crippen molar-refractivity contribution < 1.29 is 37.4 Å². The highest BCUT2D eigenvalue weighted by molar-refractivity contribution is 7.55. The van der Waals surface area contributed by atoms with E-state index < -0.39 is 55.4 Å². The van der Waals surface area contributed by atoms with Gasteiger partial charge in [-0.1, -0.05) is 18.2 Å². The molecule has 4 rings (SSSR count). The number of rotatable bonds is 9. The Morgan fingerprint density at radius 2 is 1.86 bits per heavy atom. The molecule has 12 nitrogen and oxygen atoms in total. The van der Waals surface area contributed by atoms with Crippen molar-refractivity contribution in [3.63, 3.8) is 0 Å². The zero-order chi connectivity index (χ0) is 25.9. The number of carbonyl (C=O) groups excluding carboxylic acids is 1. The van der Waals surface area contributed by atoms with E-state index in [0.717, 1.165) is 0 Å². The maximum atomic E-state index is 13.9. The van der Waals surface area contributed by atoms with Crippen LogP contribution in [-0.4, -0.2) is 59.7 Å². The van der Waals surface area contributed by atoms with Gasteiger partial charge in [-0.3, -0.25) is 18.9 Å². The molecule has 2 fully saturated rings. The van der Waals surface area contributed by atoms with Crippen molar-refractivity contribution in [3.05, 3.63) is 68.5 Å². The van der Waals surface area contributed by atoms with Gasteiger partial charge in [0, 0.05) is 18.2 Å². The predicted molar refractivity (Wildman–Crippen MR) is 126 cm³/mol. The quantitative estimate of drug-likeness (QED) is 0.383. The van der Waals surface area contributed by atoms with Crippen molar-refractivity contribution >= 4 is 13.6 Å². The molecule has 0 bridgehead atoms. The van der Waals surface area contributed by atoms with Gasteiger partial charge in [-0.2, -0.15) is 0 Å². The summed E-state index contributed by atoms with van der Waals surface area (Å²) in [4.78, 5) is 39.0. The monoisotopic (exact) mass is 524 g/mol. The minimum absolute atomic E-state index is 0.0254. The molecule has 1 N–H and O–H groups in total. The van der Waals surface area contributed by atoms with E-state index in [2.05, 4.69) is 4.98 Å². The number of hydrogen-bond acceptors (Lipinski definition) is 10. The van der Waals surface area contributed by atoms with Gasteiger partial charge in [-0.15, -0.1) is 0 Å². The number of carbonyl (C=O) groups is 1. The van der Waals surface area contributed by atoms with Crippen LogP contribution in [0.1, 0.15) is 42.4 Å². The highest BCUT2D eigenvalue weighted by Crippen LogP contribution is 2.63. The molecule has 0 spiro atoms. The summed E-state index contributed by atoms with van der Waals surface area (Å²) in [5.41, 5.74) is -2.53. The van der Waals surface area contributed by atoms with Gasteiger partial charge in [0.05, 0.1) is 31.5 Å². The number of benzene rings is 1. The Balaban J connectivity index is 1.60. The van der Waals surface area contributed by atoms with Gasteiger partial charge in [0.1, 0.15) is 12.3 Å². The number of nitrogens with one attached hydrogen (secondary N) is 1. The summed E-state index contributed by atoms with van der Waals surface area (Å²) in [5.74, 6) is -0.667. The lowest BCUT2D eigenvalue weighted by Crippen LogP contribution is -2.53. The maximum absolute atomic E-state index is 13.9. The third kappa shape index (κ3) is 5.10. The summed E-state index contributed by atoms with van der Waals surface area (Å²) in [6.45, 7) is 4.24. The van der Waals surface area contributed by atoms with Gasteiger partial charge in [-0.05, 0) is 32.9 Å². The van der Waals surface area contributed by atoms with E-state index in [9.17, 15) is 18.9 Å². The fraction of sp³-hybridized carbons (Fsp3) is 0.522. The fourth-order valence-electron chi connectivity index (χ4n) is 4.11. The summed E-state index contributed by atoms with van der Waals surface area (Å²) in [7, 11) is -4.13.